The predicted octanol–water partition coefficient (Wildman–Crippen LogP) is 7.70. The van der Waals surface area contributed by atoms with Gasteiger partial charge in [0.15, 0.2) is 0 Å². The highest BCUT2D eigenvalue weighted by molar-refractivity contribution is 9.10. The van der Waals surface area contributed by atoms with Crippen molar-refractivity contribution in [2.45, 2.75) is 83.3 Å². The second-order valence-corrected chi connectivity index (χ2v) is 16.1. The molecule has 2 N–H and O–H groups in total. The molecule has 0 unspecified atom stereocenters. The Hall–Kier alpha value is -3.73. The van der Waals surface area contributed by atoms with Crippen LogP contribution in [0.2, 0.25) is 5.02 Å². The molecular weight excluding hydrogens is 749 g/mol. The Bertz CT molecular complexity index is 1830. The number of aryl methyl sites for hydroxylation is 1. The van der Waals surface area contributed by atoms with Crippen molar-refractivity contribution in [1.82, 2.24) is 15.1 Å². The van der Waals surface area contributed by atoms with E-state index in [0.29, 0.717) is 59.9 Å². The van der Waals surface area contributed by atoms with Gasteiger partial charge in [-0.25, -0.2) is 4.39 Å². The van der Waals surface area contributed by atoms with E-state index < -0.39 is 11.4 Å². The molecule has 0 spiro atoms. The highest BCUT2D eigenvalue weighted by atomic mass is 79.9. The third-order valence-corrected chi connectivity index (χ3v) is 11.4. The number of halogens is 3. The lowest BCUT2D eigenvalue weighted by Crippen LogP contribution is -2.62. The van der Waals surface area contributed by atoms with Crippen molar-refractivity contribution in [2.24, 2.45) is 5.41 Å². The minimum absolute atomic E-state index is 0.00783. The van der Waals surface area contributed by atoms with Gasteiger partial charge in [0.1, 0.15) is 11.6 Å². The average Bonchev–Trinajstić information content (AvgIpc) is 3.96. The van der Waals surface area contributed by atoms with Crippen LogP contribution in [0.15, 0.2) is 76.8 Å². The Kier molecular flexibility index (Phi) is 12.1. The highest BCUT2D eigenvalue weighted by Crippen LogP contribution is 2.37. The van der Waals surface area contributed by atoms with Crippen LogP contribution in [0.4, 0.5) is 4.39 Å². The summed E-state index contributed by atoms with van der Waals surface area (Å²) in [5.74, 6) is -0.884. The van der Waals surface area contributed by atoms with Gasteiger partial charge in [0, 0.05) is 54.8 Å². The number of rotatable bonds is 15. The summed E-state index contributed by atoms with van der Waals surface area (Å²) in [4.78, 5) is 43.8. The molecule has 0 aromatic heterocycles. The van der Waals surface area contributed by atoms with Gasteiger partial charge in [-0.05, 0) is 115 Å². The molecule has 3 aromatic carbocycles. The number of hydrogen-bond donors (Lipinski definition) is 2. The molecular formula is C41H46BrClFN3O5. The Balaban J connectivity index is 1.22. The van der Waals surface area contributed by atoms with Gasteiger partial charge in [0.25, 0.3) is 5.91 Å². The van der Waals surface area contributed by atoms with Crippen LogP contribution >= 0.6 is 27.5 Å². The molecule has 2 aliphatic heterocycles. The van der Waals surface area contributed by atoms with Gasteiger partial charge in [0.05, 0.1) is 22.5 Å². The van der Waals surface area contributed by atoms with Crippen LogP contribution in [0.25, 0.3) is 5.57 Å². The minimum atomic E-state index is -1.00. The maximum Gasteiger partial charge on any atom is 0.309 e. The lowest BCUT2D eigenvalue weighted by Gasteiger charge is -2.45. The van der Waals surface area contributed by atoms with E-state index in [4.69, 9.17) is 16.3 Å². The number of ether oxygens (including phenoxy) is 1. The van der Waals surface area contributed by atoms with Gasteiger partial charge in [0.2, 0.25) is 5.91 Å². The molecule has 11 heteroatoms. The zero-order chi connectivity index (χ0) is 37.0. The number of carbonyl (C=O) groups excluding carboxylic acids is 2. The molecule has 1 aliphatic carbocycles. The van der Waals surface area contributed by atoms with Crippen LogP contribution in [0.5, 0.6) is 5.75 Å². The summed E-state index contributed by atoms with van der Waals surface area (Å²) in [6, 6.07) is 20.3. The zero-order valence-electron chi connectivity index (χ0n) is 29.7. The topological polar surface area (TPSA) is 99.2 Å². The van der Waals surface area contributed by atoms with E-state index in [1.165, 1.54) is 12.1 Å². The third-order valence-electron chi connectivity index (χ3n) is 10.4. The maximum atomic E-state index is 14.8. The molecule has 2 heterocycles. The third kappa shape index (κ3) is 9.25. The number of carbonyl (C=O) groups is 3. The first-order chi connectivity index (χ1) is 24.9. The Morgan fingerprint density at radius 2 is 1.81 bits per heavy atom. The molecule has 1 saturated carbocycles. The van der Waals surface area contributed by atoms with Crippen molar-refractivity contribution in [3.63, 3.8) is 0 Å². The van der Waals surface area contributed by atoms with Crippen LogP contribution in [0.3, 0.4) is 0 Å². The number of amides is 2. The number of carboxylic acid groups (broad SMARTS) is 1. The predicted molar refractivity (Wildman–Crippen MR) is 204 cm³/mol. The van der Waals surface area contributed by atoms with E-state index in [-0.39, 0.29) is 48.6 Å². The first kappa shape index (κ1) is 38.0. The molecule has 2 atom stereocenters. The molecule has 276 valence electrons. The van der Waals surface area contributed by atoms with Gasteiger partial charge >= 0.3 is 5.97 Å². The fraction of sp³-hybridized carbons (Fsp3) is 0.439. The number of aliphatic carboxylic acids is 1. The second kappa shape index (κ2) is 16.5. The summed E-state index contributed by atoms with van der Waals surface area (Å²) < 4.78 is 20.2. The standard InChI is InChI=1S/C41H46BrClFN3O5/c1-41(2,40(50)51)19-17-37(48)46-24-30-23-32(27-11-9-26(10-12-27)6-5-21-52-36-22-29(44)13-16-33(36)42)38(35(25-46)45-30)39(49)47(31-14-15-31)20-18-28-7-3-4-8-34(28)43/h3-4,7-13,16,22,30-31,35,45H,5-6,14-15,17-21,23-25H2,1-2H3,(H,50,51)/t30-,35-/m1/s1. The summed E-state index contributed by atoms with van der Waals surface area (Å²) in [7, 11) is 0. The fourth-order valence-electron chi connectivity index (χ4n) is 7.11. The summed E-state index contributed by atoms with van der Waals surface area (Å²) in [6.45, 7) is 5.10. The number of fused-ring (bicyclic) bond motifs is 2. The van der Waals surface area contributed by atoms with Gasteiger partial charge < -0.3 is 25.0 Å². The van der Waals surface area contributed by atoms with Crippen molar-refractivity contribution in [3.05, 3.63) is 104 Å². The minimum Gasteiger partial charge on any atom is -0.492 e. The van der Waals surface area contributed by atoms with Crippen LogP contribution < -0.4 is 10.1 Å². The van der Waals surface area contributed by atoms with Crippen LogP contribution in [0, 0.1) is 11.2 Å². The molecule has 2 fully saturated rings. The quantitative estimate of drug-likeness (QED) is 0.153. The molecule has 3 aromatic rings. The van der Waals surface area contributed by atoms with E-state index in [1.807, 2.05) is 34.1 Å². The second-order valence-electron chi connectivity index (χ2n) is 14.8. The van der Waals surface area contributed by atoms with Crippen LogP contribution in [-0.2, 0) is 27.2 Å². The van der Waals surface area contributed by atoms with Crippen LogP contribution in [-0.4, -0.2) is 77.1 Å². The van der Waals surface area contributed by atoms with E-state index in [1.54, 1.807) is 19.9 Å². The monoisotopic (exact) mass is 793 g/mol. The Morgan fingerprint density at radius 3 is 2.52 bits per heavy atom. The van der Waals surface area contributed by atoms with Crippen molar-refractivity contribution in [3.8, 4) is 5.75 Å². The summed E-state index contributed by atoms with van der Waals surface area (Å²) in [5.41, 5.74) is 3.83. The number of nitrogens with zero attached hydrogens (tertiary/aromatic N) is 2. The molecule has 8 nitrogen and oxygen atoms in total. The Morgan fingerprint density at radius 1 is 1.06 bits per heavy atom. The molecule has 0 radical (unpaired) electrons. The zero-order valence-corrected chi connectivity index (χ0v) is 32.0. The summed E-state index contributed by atoms with van der Waals surface area (Å²) in [5, 5.41) is 13.9. The number of piperazine rings is 1. The highest BCUT2D eigenvalue weighted by Gasteiger charge is 2.43. The normalized spacial score (nSPS) is 18.7. The molecule has 2 amide bonds. The van der Waals surface area contributed by atoms with E-state index in [0.717, 1.165) is 47.9 Å². The molecule has 52 heavy (non-hydrogen) atoms. The SMILES string of the molecule is CC(C)(CCC(=O)N1C[C@H]2CC(c3ccc(CCCOc4cc(F)ccc4Br)cc3)=C(C(=O)N(CCc3ccccc3Cl)C3CC3)[C@@H](C1)N2)C(=O)O. The van der Waals surface area contributed by atoms with Gasteiger partial charge in [-0.2, -0.15) is 0 Å². The van der Waals surface area contributed by atoms with Crippen molar-refractivity contribution < 1.29 is 28.6 Å². The fourth-order valence-corrected chi connectivity index (χ4v) is 7.70. The summed E-state index contributed by atoms with van der Waals surface area (Å²) >= 11 is 9.90. The lowest BCUT2D eigenvalue weighted by molar-refractivity contribution is -0.148. The largest absolute Gasteiger partial charge is 0.492 e. The Labute approximate surface area is 318 Å². The summed E-state index contributed by atoms with van der Waals surface area (Å²) in [6.07, 6.45) is 5.04. The average molecular weight is 795 g/mol. The van der Waals surface area contributed by atoms with Crippen molar-refractivity contribution >= 4 is 50.9 Å². The number of nitrogens with one attached hydrogen (secondary N) is 1. The first-order valence-electron chi connectivity index (χ1n) is 18.1. The van der Waals surface area contributed by atoms with Crippen molar-refractivity contribution in [2.75, 3.05) is 26.2 Å². The van der Waals surface area contributed by atoms with Gasteiger partial charge in [-0.1, -0.05) is 54.1 Å². The maximum absolute atomic E-state index is 14.8. The molecule has 1 saturated heterocycles. The van der Waals surface area contributed by atoms with Crippen molar-refractivity contribution in [1.29, 1.82) is 0 Å². The van der Waals surface area contributed by atoms with E-state index in [9.17, 15) is 23.9 Å². The number of hydrogen-bond acceptors (Lipinski definition) is 5. The first-order valence-corrected chi connectivity index (χ1v) is 19.3. The van der Waals surface area contributed by atoms with E-state index in [2.05, 4.69) is 45.5 Å². The lowest BCUT2D eigenvalue weighted by atomic mass is 9.82. The molecule has 3 aliphatic rings. The van der Waals surface area contributed by atoms with E-state index >= 15 is 0 Å². The molecule has 2 bridgehead atoms. The number of benzene rings is 3. The van der Waals surface area contributed by atoms with Crippen LogP contribution in [0.1, 0.15) is 69.1 Å². The smallest absolute Gasteiger partial charge is 0.309 e. The van der Waals surface area contributed by atoms with Gasteiger partial charge in [-0.15, -0.1) is 0 Å². The molecule has 6 rings (SSSR count). The van der Waals surface area contributed by atoms with Gasteiger partial charge in [-0.3, -0.25) is 14.4 Å². The number of carboxylic acids is 1.